The van der Waals surface area contributed by atoms with Gasteiger partial charge in [0.25, 0.3) is 5.91 Å². The molecular formula is C29H32F3N3O4. The van der Waals surface area contributed by atoms with Gasteiger partial charge < -0.3 is 19.0 Å². The molecule has 39 heavy (non-hydrogen) atoms. The third kappa shape index (κ3) is 5.22. The number of carbonyl (C=O) groups is 1. The first-order valence-corrected chi connectivity index (χ1v) is 13.2. The average molecular weight is 544 g/mol. The van der Waals surface area contributed by atoms with E-state index in [0.29, 0.717) is 30.2 Å². The highest BCUT2D eigenvalue weighted by Gasteiger charge is 2.33. The minimum absolute atomic E-state index is 0.0210. The molecule has 2 aromatic carbocycles. The fourth-order valence-corrected chi connectivity index (χ4v) is 5.72. The number of carbonyl (C=O) groups excluding carboxylic acids is 1. The van der Waals surface area contributed by atoms with Crippen molar-refractivity contribution in [3.8, 4) is 5.75 Å². The molecule has 1 aromatic heterocycles. The Morgan fingerprint density at radius 2 is 1.87 bits per heavy atom. The van der Waals surface area contributed by atoms with E-state index in [0.717, 1.165) is 54.3 Å². The second kappa shape index (κ2) is 10.2. The zero-order valence-corrected chi connectivity index (χ0v) is 22.5. The molecule has 2 aliphatic rings. The summed E-state index contributed by atoms with van der Waals surface area (Å²) >= 11 is 0. The highest BCUT2D eigenvalue weighted by Crippen LogP contribution is 2.34. The summed E-state index contributed by atoms with van der Waals surface area (Å²) in [5, 5.41) is 0.857. The summed E-state index contributed by atoms with van der Waals surface area (Å²) < 4.78 is 48.3. The van der Waals surface area contributed by atoms with Crippen molar-refractivity contribution in [3.05, 3.63) is 68.6 Å². The fourth-order valence-electron chi connectivity index (χ4n) is 5.72. The van der Waals surface area contributed by atoms with Gasteiger partial charge in [-0.3, -0.25) is 9.69 Å². The number of piperazine rings is 1. The lowest BCUT2D eigenvalue weighted by Crippen LogP contribution is -2.51. The molecule has 0 bridgehead atoms. The largest absolute Gasteiger partial charge is 0.573 e. The van der Waals surface area contributed by atoms with Crippen LogP contribution in [0.2, 0.25) is 0 Å². The van der Waals surface area contributed by atoms with E-state index in [-0.39, 0.29) is 17.7 Å². The van der Waals surface area contributed by atoms with Crippen molar-refractivity contribution in [2.24, 2.45) is 0 Å². The van der Waals surface area contributed by atoms with E-state index in [1.165, 1.54) is 24.0 Å². The van der Waals surface area contributed by atoms with Crippen molar-refractivity contribution in [2.45, 2.75) is 52.6 Å². The van der Waals surface area contributed by atoms with Gasteiger partial charge in [0, 0.05) is 54.4 Å². The number of amides is 1. The number of fused-ring (bicyclic) bond motifs is 3. The van der Waals surface area contributed by atoms with E-state index in [1.54, 1.807) is 0 Å². The molecule has 7 nitrogen and oxygen atoms in total. The summed E-state index contributed by atoms with van der Waals surface area (Å²) in [4.78, 5) is 32.5. The summed E-state index contributed by atoms with van der Waals surface area (Å²) in [5.41, 5.74) is 3.63. The molecule has 3 heterocycles. The second-order valence-corrected chi connectivity index (χ2v) is 10.4. The molecule has 5 rings (SSSR count). The number of aryl methyl sites for hydroxylation is 2. The number of ether oxygens (including phenoxy) is 1. The molecule has 0 N–H and O–H groups in total. The lowest BCUT2D eigenvalue weighted by atomic mass is 9.95. The maximum atomic E-state index is 13.2. The third-order valence-electron chi connectivity index (χ3n) is 8.03. The summed E-state index contributed by atoms with van der Waals surface area (Å²) in [5.74, 6) is -0.896. The van der Waals surface area contributed by atoms with Gasteiger partial charge in [-0.2, -0.15) is 0 Å². The summed E-state index contributed by atoms with van der Waals surface area (Å²) in [6.07, 6.45) is -3.38. The number of anilines is 1. The minimum atomic E-state index is -4.86. The predicted molar refractivity (Wildman–Crippen MR) is 142 cm³/mol. The second-order valence-electron chi connectivity index (χ2n) is 10.4. The standard InChI is InChI=1S/C29H32F3N3O4/c1-5-20-15-34(13-12-33(20)4)24-9-8-22-21-10-11-35(16-23(21)28(37)38-26(22)18(24)3)27(36)19-7-6-17(2)25(14-19)39-29(30,31)32/h6-9,14,20H,5,10-13,15-16H2,1-4H3/t20-/m0/s1. The van der Waals surface area contributed by atoms with Crippen LogP contribution in [-0.2, 0) is 13.0 Å². The Hall–Kier alpha value is -3.53. The Morgan fingerprint density at radius 3 is 2.59 bits per heavy atom. The van der Waals surface area contributed by atoms with Crippen LogP contribution in [0.15, 0.2) is 39.5 Å². The van der Waals surface area contributed by atoms with Gasteiger partial charge >= 0.3 is 12.0 Å². The van der Waals surface area contributed by atoms with Gasteiger partial charge in [0.2, 0.25) is 0 Å². The highest BCUT2D eigenvalue weighted by atomic mass is 19.4. The number of hydrogen-bond acceptors (Lipinski definition) is 6. The quantitative estimate of drug-likeness (QED) is 0.430. The summed E-state index contributed by atoms with van der Waals surface area (Å²) in [7, 11) is 2.15. The van der Waals surface area contributed by atoms with Crippen molar-refractivity contribution in [2.75, 3.05) is 38.1 Å². The van der Waals surface area contributed by atoms with E-state index >= 15 is 0 Å². The van der Waals surface area contributed by atoms with Gasteiger partial charge in [0.1, 0.15) is 11.3 Å². The van der Waals surface area contributed by atoms with Crippen LogP contribution in [0.5, 0.6) is 5.75 Å². The number of likely N-dealkylation sites (N-methyl/N-ethyl adjacent to an activating group) is 1. The number of rotatable bonds is 4. The summed E-state index contributed by atoms with van der Waals surface area (Å²) in [6.45, 7) is 8.73. The molecule has 1 amide bonds. The first-order valence-electron chi connectivity index (χ1n) is 13.2. The first-order chi connectivity index (χ1) is 18.5. The molecular weight excluding hydrogens is 511 g/mol. The number of nitrogens with zero attached hydrogens (tertiary/aromatic N) is 3. The van der Waals surface area contributed by atoms with Crippen LogP contribution in [0.3, 0.4) is 0 Å². The van der Waals surface area contributed by atoms with E-state index in [2.05, 4.69) is 34.6 Å². The molecule has 3 aromatic rings. The van der Waals surface area contributed by atoms with Crippen LogP contribution in [0, 0.1) is 13.8 Å². The SMILES string of the molecule is CC[C@H]1CN(c2ccc3c4c(c(=O)oc3c2C)CN(C(=O)c2ccc(C)c(OC(F)(F)F)c2)CC4)CCN1C. The Bertz CT molecular complexity index is 1480. The van der Waals surface area contributed by atoms with Crippen molar-refractivity contribution in [3.63, 3.8) is 0 Å². The molecule has 1 saturated heterocycles. The van der Waals surface area contributed by atoms with Crippen molar-refractivity contribution in [1.82, 2.24) is 9.80 Å². The Morgan fingerprint density at radius 1 is 1.10 bits per heavy atom. The van der Waals surface area contributed by atoms with Crippen LogP contribution in [-0.4, -0.2) is 61.3 Å². The van der Waals surface area contributed by atoms with Crippen LogP contribution < -0.4 is 15.3 Å². The molecule has 0 unspecified atom stereocenters. The Labute approximate surface area is 224 Å². The summed E-state index contributed by atoms with van der Waals surface area (Å²) in [6, 6.07) is 8.51. The molecule has 0 aliphatic carbocycles. The number of benzene rings is 2. The van der Waals surface area contributed by atoms with Crippen molar-refractivity contribution < 1.29 is 27.1 Å². The average Bonchev–Trinajstić information content (AvgIpc) is 2.90. The molecule has 2 aliphatic heterocycles. The van der Waals surface area contributed by atoms with E-state index in [4.69, 9.17) is 4.42 Å². The maximum absolute atomic E-state index is 13.2. The minimum Gasteiger partial charge on any atom is -0.422 e. The number of halogens is 3. The smallest absolute Gasteiger partial charge is 0.422 e. The molecule has 10 heteroatoms. The van der Waals surface area contributed by atoms with E-state index < -0.39 is 23.6 Å². The van der Waals surface area contributed by atoms with Crippen LogP contribution >= 0.6 is 0 Å². The lowest BCUT2D eigenvalue weighted by Gasteiger charge is -2.41. The van der Waals surface area contributed by atoms with Crippen LogP contribution in [0.1, 0.15) is 46.0 Å². The zero-order valence-electron chi connectivity index (χ0n) is 22.5. The van der Waals surface area contributed by atoms with Gasteiger partial charge in [-0.1, -0.05) is 13.0 Å². The highest BCUT2D eigenvalue weighted by molar-refractivity contribution is 5.95. The molecule has 0 radical (unpaired) electrons. The Kier molecular flexibility index (Phi) is 7.09. The van der Waals surface area contributed by atoms with Gasteiger partial charge in [-0.05, 0) is 69.1 Å². The molecule has 1 fully saturated rings. The van der Waals surface area contributed by atoms with Crippen molar-refractivity contribution >= 4 is 22.6 Å². The molecule has 0 spiro atoms. The topological polar surface area (TPSA) is 66.2 Å². The maximum Gasteiger partial charge on any atom is 0.573 e. The van der Waals surface area contributed by atoms with Crippen LogP contribution in [0.25, 0.3) is 11.0 Å². The monoisotopic (exact) mass is 543 g/mol. The zero-order chi connectivity index (χ0) is 28.1. The number of alkyl halides is 3. The third-order valence-corrected chi connectivity index (χ3v) is 8.03. The van der Waals surface area contributed by atoms with Gasteiger partial charge in [0.05, 0.1) is 12.1 Å². The van der Waals surface area contributed by atoms with Gasteiger partial charge in [-0.15, -0.1) is 13.2 Å². The van der Waals surface area contributed by atoms with Crippen LogP contribution in [0.4, 0.5) is 18.9 Å². The van der Waals surface area contributed by atoms with E-state index in [9.17, 15) is 22.8 Å². The van der Waals surface area contributed by atoms with Gasteiger partial charge in [-0.25, -0.2) is 4.79 Å². The van der Waals surface area contributed by atoms with Gasteiger partial charge in [0.15, 0.2) is 0 Å². The first kappa shape index (κ1) is 27.1. The molecule has 1 atom stereocenters. The normalized spacial score (nSPS) is 18.4. The van der Waals surface area contributed by atoms with Crippen molar-refractivity contribution in [1.29, 1.82) is 0 Å². The predicted octanol–water partition coefficient (Wildman–Crippen LogP) is 5.04. The lowest BCUT2D eigenvalue weighted by molar-refractivity contribution is -0.274. The fraction of sp³-hybridized carbons (Fsp3) is 0.448. The van der Waals surface area contributed by atoms with E-state index in [1.807, 2.05) is 13.0 Å². The number of hydrogen-bond donors (Lipinski definition) is 0. The Balaban J connectivity index is 1.43. The molecule has 0 saturated carbocycles. The molecule has 208 valence electrons.